The third-order valence-electron chi connectivity index (χ3n) is 1.18. The van der Waals surface area contributed by atoms with Gasteiger partial charge in [0, 0.05) is 6.92 Å². The minimum Gasteiger partial charge on any atom is -1.00 e. The van der Waals surface area contributed by atoms with Crippen LogP contribution in [0.1, 0.15) is 5.69 Å². The molecule has 10 heavy (non-hydrogen) atoms. The van der Waals surface area contributed by atoms with Crippen LogP contribution in [0.4, 0.5) is 0 Å². The van der Waals surface area contributed by atoms with Gasteiger partial charge in [-0.3, -0.25) is 0 Å². The summed E-state index contributed by atoms with van der Waals surface area (Å²) in [5, 5.41) is 8.49. The van der Waals surface area contributed by atoms with Crippen molar-refractivity contribution in [2.45, 2.75) is 13.5 Å². The first-order valence-electron chi connectivity index (χ1n) is 2.98. The van der Waals surface area contributed by atoms with Gasteiger partial charge in [0.1, 0.15) is 18.4 Å². The van der Waals surface area contributed by atoms with E-state index in [-0.39, 0.29) is 30.6 Å². The van der Waals surface area contributed by atoms with Gasteiger partial charge in [0.2, 0.25) is 6.33 Å². The molecule has 0 amide bonds. The van der Waals surface area contributed by atoms with Crippen LogP contribution in [-0.2, 0) is 6.54 Å². The molecule has 2 N–H and O–H groups in total. The summed E-state index contributed by atoms with van der Waals surface area (Å²) in [5.41, 5.74) is 1.11. The van der Waals surface area contributed by atoms with Crippen LogP contribution in [0.25, 0.3) is 0 Å². The normalized spacial score (nSPS) is 9.00. The van der Waals surface area contributed by atoms with Gasteiger partial charge in [0.25, 0.3) is 0 Å². The van der Waals surface area contributed by atoms with E-state index < -0.39 is 0 Å². The SMILES string of the molecule is Cc1c[n+](CCO)c[nH]1.[I-]. The van der Waals surface area contributed by atoms with E-state index in [0.29, 0.717) is 6.54 Å². The Balaban J connectivity index is 0.000000810. The number of hydrogen-bond acceptors (Lipinski definition) is 1. The molecule has 0 fully saturated rings. The second-order valence-electron chi connectivity index (χ2n) is 2.05. The number of nitrogens with zero attached hydrogens (tertiary/aromatic N) is 1. The maximum Gasteiger partial charge on any atom is 0.241 e. The first-order valence-corrected chi connectivity index (χ1v) is 2.98. The maximum absolute atomic E-state index is 8.49. The van der Waals surface area contributed by atoms with Gasteiger partial charge in [0.15, 0.2) is 0 Å². The van der Waals surface area contributed by atoms with E-state index in [2.05, 4.69) is 4.98 Å². The van der Waals surface area contributed by atoms with E-state index in [1.165, 1.54) is 0 Å². The Kier molecular flexibility index (Phi) is 4.63. The van der Waals surface area contributed by atoms with E-state index in [0.717, 1.165) is 5.69 Å². The highest BCUT2D eigenvalue weighted by Crippen LogP contribution is 1.81. The van der Waals surface area contributed by atoms with Crippen LogP contribution in [-0.4, -0.2) is 16.7 Å². The molecule has 0 aliphatic rings. The molecule has 1 aromatic rings. The average Bonchev–Trinajstić information content (AvgIpc) is 2.17. The van der Waals surface area contributed by atoms with Gasteiger partial charge in [-0.25, -0.2) is 9.55 Å². The van der Waals surface area contributed by atoms with E-state index in [1.807, 2.05) is 24.0 Å². The summed E-state index contributed by atoms with van der Waals surface area (Å²) >= 11 is 0. The third-order valence-corrected chi connectivity index (χ3v) is 1.18. The number of rotatable bonds is 2. The highest BCUT2D eigenvalue weighted by Gasteiger charge is 1.97. The van der Waals surface area contributed by atoms with Crippen LogP contribution >= 0.6 is 0 Å². The standard InChI is InChI=1S/C6H10N2O.HI/c1-6-4-8(2-3-9)5-7-6;/h4-5,9H,2-3H2,1H3;1H. The molecule has 0 unspecified atom stereocenters. The van der Waals surface area contributed by atoms with Crippen LogP contribution in [0.5, 0.6) is 0 Å². The maximum atomic E-state index is 8.49. The van der Waals surface area contributed by atoms with Crippen molar-refractivity contribution in [3.8, 4) is 0 Å². The Bertz CT molecular complexity index is 188. The molecular weight excluding hydrogens is 243 g/mol. The predicted molar refractivity (Wildman–Crippen MR) is 32.8 cm³/mol. The van der Waals surface area contributed by atoms with Crippen molar-refractivity contribution >= 4 is 0 Å². The Morgan fingerprint density at radius 2 is 2.40 bits per heavy atom. The molecule has 0 spiro atoms. The number of aliphatic hydroxyl groups is 1. The smallest absolute Gasteiger partial charge is 0.241 e. The highest BCUT2D eigenvalue weighted by molar-refractivity contribution is 4.82. The van der Waals surface area contributed by atoms with Crippen LogP contribution in [0.15, 0.2) is 12.5 Å². The fourth-order valence-corrected chi connectivity index (χ4v) is 0.753. The van der Waals surface area contributed by atoms with Gasteiger partial charge in [-0.1, -0.05) is 0 Å². The Morgan fingerprint density at radius 1 is 1.70 bits per heavy atom. The molecule has 0 atom stereocenters. The molecule has 1 aromatic heterocycles. The lowest BCUT2D eigenvalue weighted by Crippen LogP contribution is -3.00. The van der Waals surface area contributed by atoms with Gasteiger partial charge in [-0.15, -0.1) is 0 Å². The van der Waals surface area contributed by atoms with Crippen molar-refractivity contribution in [1.29, 1.82) is 0 Å². The molecule has 4 heteroatoms. The van der Waals surface area contributed by atoms with E-state index in [1.54, 1.807) is 0 Å². The van der Waals surface area contributed by atoms with Gasteiger partial charge >= 0.3 is 0 Å². The average molecular weight is 254 g/mol. The van der Waals surface area contributed by atoms with Crippen molar-refractivity contribution in [1.82, 2.24) is 4.98 Å². The Hall–Kier alpha value is -0.100. The van der Waals surface area contributed by atoms with Gasteiger partial charge < -0.3 is 29.1 Å². The zero-order valence-corrected chi connectivity index (χ0v) is 8.00. The lowest BCUT2D eigenvalue weighted by Gasteiger charge is -1.85. The fraction of sp³-hybridized carbons (Fsp3) is 0.500. The predicted octanol–water partition coefficient (Wildman–Crippen LogP) is -3.39. The van der Waals surface area contributed by atoms with E-state index in [4.69, 9.17) is 5.11 Å². The van der Waals surface area contributed by atoms with Gasteiger partial charge in [0.05, 0.1) is 6.61 Å². The van der Waals surface area contributed by atoms with E-state index in [9.17, 15) is 0 Å². The van der Waals surface area contributed by atoms with Crippen LogP contribution in [0.3, 0.4) is 0 Å². The summed E-state index contributed by atoms with van der Waals surface area (Å²) in [5.74, 6) is 0. The zero-order valence-electron chi connectivity index (χ0n) is 5.84. The molecule has 3 nitrogen and oxygen atoms in total. The topological polar surface area (TPSA) is 39.9 Å². The first-order chi connectivity index (χ1) is 4.33. The summed E-state index contributed by atoms with van der Waals surface area (Å²) in [4.78, 5) is 3.01. The summed E-state index contributed by atoms with van der Waals surface area (Å²) in [7, 11) is 0. The van der Waals surface area contributed by atoms with Crippen molar-refractivity contribution in [2.24, 2.45) is 0 Å². The lowest BCUT2D eigenvalue weighted by atomic mass is 10.5. The summed E-state index contributed by atoms with van der Waals surface area (Å²) < 4.78 is 1.91. The lowest BCUT2D eigenvalue weighted by molar-refractivity contribution is -0.697. The monoisotopic (exact) mass is 254 g/mol. The van der Waals surface area contributed by atoms with Crippen LogP contribution in [0.2, 0.25) is 0 Å². The molecule has 1 heterocycles. The second-order valence-corrected chi connectivity index (χ2v) is 2.05. The summed E-state index contributed by atoms with van der Waals surface area (Å²) in [6.07, 6.45) is 3.79. The largest absolute Gasteiger partial charge is 1.00 e. The Morgan fingerprint density at radius 3 is 2.80 bits per heavy atom. The van der Waals surface area contributed by atoms with Gasteiger partial charge in [-0.2, -0.15) is 0 Å². The molecule has 0 aliphatic heterocycles. The quantitative estimate of drug-likeness (QED) is 0.419. The second kappa shape index (κ2) is 4.68. The molecule has 0 saturated carbocycles. The zero-order chi connectivity index (χ0) is 6.69. The molecule has 0 radical (unpaired) electrons. The number of nitrogens with one attached hydrogen (secondary N) is 1. The minimum atomic E-state index is 0. The number of aliphatic hydroxyl groups excluding tert-OH is 1. The third kappa shape index (κ3) is 2.66. The number of aromatic nitrogens is 2. The molecule has 1 rings (SSSR count). The summed E-state index contributed by atoms with van der Waals surface area (Å²) in [6, 6.07) is 0. The van der Waals surface area contributed by atoms with Gasteiger partial charge in [-0.05, 0) is 0 Å². The first kappa shape index (κ1) is 9.90. The molecule has 0 saturated heterocycles. The number of imidazole rings is 1. The number of aromatic amines is 1. The molecule has 58 valence electrons. The number of H-pyrrole nitrogens is 1. The van der Waals surface area contributed by atoms with Crippen molar-refractivity contribution in [3.63, 3.8) is 0 Å². The van der Waals surface area contributed by atoms with Crippen molar-refractivity contribution < 1.29 is 33.7 Å². The van der Waals surface area contributed by atoms with Crippen molar-refractivity contribution in [2.75, 3.05) is 6.61 Å². The number of hydrogen-bond donors (Lipinski definition) is 2. The highest BCUT2D eigenvalue weighted by atomic mass is 127. The minimum absolute atomic E-state index is 0. The molecular formula is C6H11IN2O. The fourth-order valence-electron chi connectivity index (χ4n) is 0.753. The molecule has 0 aliphatic carbocycles. The molecule has 0 bridgehead atoms. The van der Waals surface area contributed by atoms with Crippen molar-refractivity contribution in [3.05, 3.63) is 18.2 Å². The van der Waals surface area contributed by atoms with E-state index >= 15 is 0 Å². The number of halogens is 1. The van der Waals surface area contributed by atoms with Crippen LogP contribution in [0, 0.1) is 6.92 Å². The Labute approximate surface area is 77.1 Å². The van der Waals surface area contributed by atoms with Crippen LogP contribution < -0.4 is 28.5 Å². The number of aryl methyl sites for hydroxylation is 1. The molecule has 0 aromatic carbocycles. The summed E-state index contributed by atoms with van der Waals surface area (Å²) in [6.45, 7) is 2.85.